The van der Waals surface area contributed by atoms with Crippen LogP contribution in [0.2, 0.25) is 0 Å². The van der Waals surface area contributed by atoms with Gasteiger partial charge in [-0.1, -0.05) is 0 Å². The van der Waals surface area contributed by atoms with Crippen LogP contribution in [0.3, 0.4) is 0 Å². The minimum atomic E-state index is -0.876. The van der Waals surface area contributed by atoms with E-state index in [0.29, 0.717) is 5.56 Å². The summed E-state index contributed by atoms with van der Waals surface area (Å²) in [5.74, 6) is -0.876. The second kappa shape index (κ2) is 3.79. The molecule has 0 radical (unpaired) electrons. The van der Waals surface area contributed by atoms with Crippen LogP contribution in [0.25, 0.3) is 10.1 Å². The lowest BCUT2D eigenvalue weighted by molar-refractivity contribution is 0.0698. The van der Waals surface area contributed by atoms with Crippen molar-refractivity contribution in [3.63, 3.8) is 0 Å². The Morgan fingerprint density at radius 3 is 2.86 bits per heavy atom. The molecule has 0 bridgehead atoms. The third-order valence-electron chi connectivity index (χ3n) is 1.86. The molecule has 0 spiro atoms. The fourth-order valence-corrected chi connectivity index (χ4v) is 3.61. The van der Waals surface area contributed by atoms with Gasteiger partial charge in [-0.15, -0.1) is 11.3 Å². The number of benzene rings is 1. The van der Waals surface area contributed by atoms with Crippen molar-refractivity contribution >= 4 is 65.9 Å². The molecular weight excluding hydrogens is 379 g/mol. The lowest BCUT2D eigenvalue weighted by Gasteiger charge is -2.01. The number of carboxylic acids is 1. The number of carboxylic acid groups (broad SMARTS) is 1. The van der Waals surface area contributed by atoms with Gasteiger partial charge in [-0.3, -0.25) is 0 Å². The Labute approximate surface area is 106 Å². The van der Waals surface area contributed by atoms with Crippen LogP contribution < -0.4 is 0 Å². The fraction of sp³-hybridized carbons (Fsp3) is 0. The molecule has 0 aliphatic rings. The van der Waals surface area contributed by atoms with Gasteiger partial charge in [0, 0.05) is 23.5 Å². The van der Waals surface area contributed by atoms with E-state index < -0.39 is 5.97 Å². The van der Waals surface area contributed by atoms with Gasteiger partial charge in [0.05, 0.1) is 5.56 Å². The molecule has 1 heterocycles. The Morgan fingerprint density at radius 2 is 2.21 bits per heavy atom. The van der Waals surface area contributed by atoms with Gasteiger partial charge < -0.3 is 5.11 Å². The SMILES string of the molecule is O=C(O)c1c(I)ccc2scc(Br)c12. The number of rotatable bonds is 1. The van der Waals surface area contributed by atoms with E-state index in [1.54, 1.807) is 11.3 Å². The van der Waals surface area contributed by atoms with Gasteiger partial charge in [-0.2, -0.15) is 0 Å². The van der Waals surface area contributed by atoms with Crippen molar-refractivity contribution in [2.45, 2.75) is 0 Å². The average Bonchev–Trinajstić information content (AvgIpc) is 2.47. The van der Waals surface area contributed by atoms with Crippen molar-refractivity contribution in [3.8, 4) is 0 Å². The van der Waals surface area contributed by atoms with E-state index in [-0.39, 0.29) is 0 Å². The van der Waals surface area contributed by atoms with Crippen molar-refractivity contribution in [1.82, 2.24) is 0 Å². The Balaban J connectivity index is 2.94. The molecule has 0 amide bonds. The third kappa shape index (κ3) is 1.57. The van der Waals surface area contributed by atoms with E-state index in [9.17, 15) is 4.79 Å². The van der Waals surface area contributed by atoms with Crippen LogP contribution >= 0.6 is 49.9 Å². The molecule has 0 unspecified atom stereocenters. The number of hydrogen-bond donors (Lipinski definition) is 1. The molecule has 2 aromatic rings. The first-order chi connectivity index (χ1) is 6.61. The Hall–Kier alpha value is -0.140. The van der Waals surface area contributed by atoms with Crippen molar-refractivity contribution in [2.75, 3.05) is 0 Å². The van der Waals surface area contributed by atoms with Gasteiger partial charge in [0.25, 0.3) is 0 Å². The second-order valence-corrected chi connectivity index (χ2v) is 5.61. The first-order valence-corrected chi connectivity index (χ1v) is 6.45. The van der Waals surface area contributed by atoms with E-state index in [2.05, 4.69) is 15.9 Å². The topological polar surface area (TPSA) is 37.3 Å². The Kier molecular flexibility index (Phi) is 2.81. The summed E-state index contributed by atoms with van der Waals surface area (Å²) >= 11 is 6.95. The smallest absolute Gasteiger partial charge is 0.337 e. The molecule has 0 saturated heterocycles. The first-order valence-electron chi connectivity index (χ1n) is 3.69. The number of carbonyl (C=O) groups is 1. The zero-order valence-electron chi connectivity index (χ0n) is 6.75. The zero-order chi connectivity index (χ0) is 10.3. The van der Waals surface area contributed by atoms with Crippen molar-refractivity contribution < 1.29 is 9.90 Å². The number of aromatic carboxylic acids is 1. The average molecular weight is 383 g/mol. The lowest BCUT2D eigenvalue weighted by atomic mass is 10.1. The predicted octanol–water partition coefficient (Wildman–Crippen LogP) is 3.97. The molecule has 0 fully saturated rings. The number of thiophene rings is 1. The highest BCUT2D eigenvalue weighted by Crippen LogP contribution is 2.35. The fourth-order valence-electron chi connectivity index (χ4n) is 1.28. The molecule has 1 aromatic carbocycles. The summed E-state index contributed by atoms with van der Waals surface area (Å²) in [6, 6.07) is 3.77. The maximum absolute atomic E-state index is 11.1. The largest absolute Gasteiger partial charge is 0.478 e. The quantitative estimate of drug-likeness (QED) is 0.758. The van der Waals surface area contributed by atoms with Gasteiger partial charge in [-0.25, -0.2) is 4.79 Å². The molecule has 0 atom stereocenters. The molecule has 0 saturated carbocycles. The highest BCUT2D eigenvalue weighted by molar-refractivity contribution is 14.1. The van der Waals surface area contributed by atoms with E-state index >= 15 is 0 Å². The molecule has 1 aromatic heterocycles. The summed E-state index contributed by atoms with van der Waals surface area (Å²) in [7, 11) is 0. The van der Waals surface area contributed by atoms with Crippen molar-refractivity contribution in [1.29, 1.82) is 0 Å². The zero-order valence-corrected chi connectivity index (χ0v) is 11.3. The number of halogens is 2. The van der Waals surface area contributed by atoms with E-state index in [1.165, 1.54) is 0 Å². The number of fused-ring (bicyclic) bond motifs is 1. The van der Waals surface area contributed by atoms with Crippen LogP contribution in [0, 0.1) is 3.57 Å². The maximum atomic E-state index is 11.1. The molecule has 2 rings (SSSR count). The van der Waals surface area contributed by atoms with Crippen LogP contribution in [0.5, 0.6) is 0 Å². The molecule has 14 heavy (non-hydrogen) atoms. The maximum Gasteiger partial charge on any atom is 0.337 e. The first kappa shape index (κ1) is 10.4. The molecule has 2 nitrogen and oxygen atoms in total. The van der Waals surface area contributed by atoms with Crippen LogP contribution in [-0.2, 0) is 0 Å². The van der Waals surface area contributed by atoms with Crippen LogP contribution in [0.1, 0.15) is 10.4 Å². The van der Waals surface area contributed by atoms with Crippen LogP contribution in [0.4, 0.5) is 0 Å². The van der Waals surface area contributed by atoms with Crippen LogP contribution in [-0.4, -0.2) is 11.1 Å². The minimum Gasteiger partial charge on any atom is -0.478 e. The second-order valence-electron chi connectivity index (χ2n) is 2.68. The Bertz CT molecular complexity index is 521. The Morgan fingerprint density at radius 1 is 1.50 bits per heavy atom. The molecule has 5 heteroatoms. The summed E-state index contributed by atoms with van der Waals surface area (Å²) in [4.78, 5) is 11.1. The molecule has 0 aliphatic carbocycles. The summed E-state index contributed by atoms with van der Waals surface area (Å²) < 4.78 is 2.62. The molecule has 72 valence electrons. The van der Waals surface area contributed by atoms with Crippen LogP contribution in [0.15, 0.2) is 22.0 Å². The van der Waals surface area contributed by atoms with Gasteiger partial charge >= 0.3 is 5.97 Å². The summed E-state index contributed by atoms with van der Waals surface area (Å²) in [6.07, 6.45) is 0. The highest BCUT2D eigenvalue weighted by atomic mass is 127. The highest BCUT2D eigenvalue weighted by Gasteiger charge is 2.16. The van der Waals surface area contributed by atoms with Crippen molar-refractivity contribution in [2.24, 2.45) is 0 Å². The minimum absolute atomic E-state index is 0.385. The summed E-state index contributed by atoms with van der Waals surface area (Å²) in [5.41, 5.74) is 0.385. The monoisotopic (exact) mass is 382 g/mol. The summed E-state index contributed by atoms with van der Waals surface area (Å²) in [6.45, 7) is 0. The van der Waals surface area contributed by atoms with Gasteiger partial charge in [0.1, 0.15) is 0 Å². The van der Waals surface area contributed by atoms with E-state index in [1.807, 2.05) is 40.1 Å². The summed E-state index contributed by atoms with van der Waals surface area (Å²) in [5, 5.41) is 11.8. The third-order valence-corrected chi connectivity index (χ3v) is 4.63. The van der Waals surface area contributed by atoms with Gasteiger partial charge in [0.2, 0.25) is 0 Å². The van der Waals surface area contributed by atoms with Gasteiger partial charge in [-0.05, 0) is 50.7 Å². The normalized spacial score (nSPS) is 10.7. The lowest BCUT2D eigenvalue weighted by Crippen LogP contribution is -1.99. The standard InChI is InChI=1S/C9H4BrIO2S/c10-4-3-14-6-2-1-5(11)8(7(4)6)9(12)13/h1-3H,(H,12,13). The number of hydrogen-bond acceptors (Lipinski definition) is 2. The molecule has 0 aliphatic heterocycles. The van der Waals surface area contributed by atoms with Gasteiger partial charge in [0.15, 0.2) is 0 Å². The van der Waals surface area contributed by atoms with E-state index in [4.69, 9.17) is 5.11 Å². The van der Waals surface area contributed by atoms with E-state index in [0.717, 1.165) is 18.1 Å². The molecule has 1 N–H and O–H groups in total. The molecular formula is C9H4BrIO2S. The van der Waals surface area contributed by atoms with Crippen molar-refractivity contribution in [3.05, 3.63) is 31.1 Å². The predicted molar refractivity (Wildman–Crippen MR) is 69.2 cm³/mol.